The predicted octanol–water partition coefficient (Wildman–Crippen LogP) is 3.74. The molecular formula is C25H36N4O3. The van der Waals surface area contributed by atoms with Crippen LogP contribution in [0.15, 0.2) is 46.0 Å². The number of aliphatic imine (C=N–C) groups is 1. The van der Waals surface area contributed by atoms with Gasteiger partial charge in [0.25, 0.3) is 5.91 Å². The van der Waals surface area contributed by atoms with Crippen LogP contribution in [0.2, 0.25) is 0 Å². The highest BCUT2D eigenvalue weighted by molar-refractivity contribution is 5.92. The van der Waals surface area contributed by atoms with Gasteiger partial charge in [-0.15, -0.1) is 0 Å². The molecule has 0 radical (unpaired) electrons. The van der Waals surface area contributed by atoms with Gasteiger partial charge in [0.15, 0.2) is 11.7 Å². The Morgan fingerprint density at radius 1 is 1.09 bits per heavy atom. The third-order valence-corrected chi connectivity index (χ3v) is 5.68. The maximum atomic E-state index is 12.1. The number of furan rings is 1. The van der Waals surface area contributed by atoms with Crippen molar-refractivity contribution in [2.75, 3.05) is 32.8 Å². The monoisotopic (exact) mass is 440 g/mol. The Morgan fingerprint density at radius 2 is 1.88 bits per heavy atom. The minimum Gasteiger partial charge on any atom is -0.459 e. The quantitative estimate of drug-likeness (QED) is 0.314. The summed E-state index contributed by atoms with van der Waals surface area (Å²) in [5.41, 5.74) is 3.34. The standard InChI is InChI=1S/C25H36N4O3/c1-4-26-25(28-14-6-13-27-24(30)22-19(3)12-16-32-22)29-17-21-7-5-15-31-23(21)20-10-8-18(2)9-11-20/h8-12,16,21,23H,4-7,13-15,17H2,1-3H3,(H,27,30)(H2,26,28,29). The van der Waals surface area contributed by atoms with E-state index in [1.54, 1.807) is 6.07 Å². The van der Waals surface area contributed by atoms with Gasteiger partial charge in [-0.1, -0.05) is 29.8 Å². The van der Waals surface area contributed by atoms with Crippen molar-refractivity contribution in [3.05, 3.63) is 59.0 Å². The number of guanidine groups is 1. The average Bonchev–Trinajstić information content (AvgIpc) is 3.24. The lowest BCUT2D eigenvalue weighted by atomic mass is 9.89. The van der Waals surface area contributed by atoms with Crippen molar-refractivity contribution in [3.8, 4) is 0 Å². The van der Waals surface area contributed by atoms with E-state index >= 15 is 0 Å². The summed E-state index contributed by atoms with van der Waals surface area (Å²) < 4.78 is 11.3. The Morgan fingerprint density at radius 3 is 2.59 bits per heavy atom. The lowest BCUT2D eigenvalue weighted by molar-refractivity contribution is -0.0250. The molecule has 0 saturated carbocycles. The first-order valence-corrected chi connectivity index (χ1v) is 11.6. The Balaban J connectivity index is 1.47. The minimum absolute atomic E-state index is 0.0937. The summed E-state index contributed by atoms with van der Waals surface area (Å²) in [7, 11) is 0. The van der Waals surface area contributed by atoms with Crippen LogP contribution in [-0.2, 0) is 4.74 Å². The molecule has 2 unspecified atom stereocenters. The number of hydrogen-bond acceptors (Lipinski definition) is 4. The second-order valence-electron chi connectivity index (χ2n) is 8.29. The van der Waals surface area contributed by atoms with E-state index in [0.29, 0.717) is 31.3 Å². The van der Waals surface area contributed by atoms with Crippen molar-refractivity contribution in [1.29, 1.82) is 0 Å². The van der Waals surface area contributed by atoms with E-state index in [1.165, 1.54) is 17.4 Å². The minimum atomic E-state index is -0.174. The lowest BCUT2D eigenvalue weighted by Crippen LogP contribution is -2.39. The highest BCUT2D eigenvalue weighted by Gasteiger charge is 2.27. The van der Waals surface area contributed by atoms with Gasteiger partial charge in [-0.05, 0) is 51.7 Å². The van der Waals surface area contributed by atoms with Crippen molar-refractivity contribution in [2.24, 2.45) is 10.9 Å². The first kappa shape index (κ1) is 23.9. The molecule has 0 aliphatic carbocycles. The van der Waals surface area contributed by atoms with Gasteiger partial charge in [-0.2, -0.15) is 0 Å². The number of ether oxygens (including phenoxy) is 1. The fourth-order valence-electron chi connectivity index (χ4n) is 3.89. The molecular weight excluding hydrogens is 404 g/mol. The van der Waals surface area contributed by atoms with E-state index in [0.717, 1.165) is 43.9 Å². The van der Waals surface area contributed by atoms with E-state index < -0.39 is 0 Å². The van der Waals surface area contributed by atoms with E-state index in [-0.39, 0.29) is 12.0 Å². The van der Waals surface area contributed by atoms with Crippen LogP contribution >= 0.6 is 0 Å². The molecule has 2 aromatic rings. The fraction of sp³-hybridized carbons (Fsp3) is 0.520. The molecule has 7 heteroatoms. The van der Waals surface area contributed by atoms with Crippen LogP contribution in [0, 0.1) is 19.8 Å². The number of carbonyl (C=O) groups excluding carboxylic acids is 1. The Kier molecular flexibility index (Phi) is 9.16. The van der Waals surface area contributed by atoms with Gasteiger partial charge >= 0.3 is 0 Å². The van der Waals surface area contributed by atoms with Gasteiger partial charge in [0.05, 0.1) is 12.4 Å². The van der Waals surface area contributed by atoms with Crippen molar-refractivity contribution in [3.63, 3.8) is 0 Å². The third kappa shape index (κ3) is 6.85. The van der Waals surface area contributed by atoms with Gasteiger partial charge < -0.3 is 25.1 Å². The van der Waals surface area contributed by atoms with Crippen LogP contribution in [-0.4, -0.2) is 44.7 Å². The zero-order valence-corrected chi connectivity index (χ0v) is 19.4. The van der Waals surface area contributed by atoms with Crippen molar-refractivity contribution >= 4 is 11.9 Å². The maximum Gasteiger partial charge on any atom is 0.287 e. The Labute approximate surface area is 191 Å². The van der Waals surface area contributed by atoms with Gasteiger partial charge in [0.1, 0.15) is 0 Å². The SMILES string of the molecule is CCNC(=NCC1CCCOC1c1ccc(C)cc1)NCCCNC(=O)c1occc1C. The summed E-state index contributed by atoms with van der Waals surface area (Å²) in [6.07, 6.45) is 4.59. The fourth-order valence-corrected chi connectivity index (χ4v) is 3.89. The molecule has 1 aliphatic rings. The first-order valence-electron chi connectivity index (χ1n) is 11.6. The van der Waals surface area contributed by atoms with Gasteiger partial charge in [0, 0.05) is 44.3 Å². The van der Waals surface area contributed by atoms with Crippen molar-refractivity contribution in [1.82, 2.24) is 16.0 Å². The number of nitrogens with zero attached hydrogens (tertiary/aromatic N) is 1. The molecule has 0 spiro atoms. The highest BCUT2D eigenvalue weighted by Crippen LogP contribution is 2.33. The number of rotatable bonds is 9. The molecule has 1 amide bonds. The molecule has 32 heavy (non-hydrogen) atoms. The van der Waals surface area contributed by atoms with E-state index in [2.05, 4.69) is 54.1 Å². The van der Waals surface area contributed by atoms with E-state index in [4.69, 9.17) is 14.1 Å². The van der Waals surface area contributed by atoms with Crippen LogP contribution in [0.3, 0.4) is 0 Å². The van der Waals surface area contributed by atoms with E-state index in [1.807, 2.05) is 6.92 Å². The second-order valence-corrected chi connectivity index (χ2v) is 8.29. The normalized spacial score (nSPS) is 18.9. The summed E-state index contributed by atoms with van der Waals surface area (Å²) in [5, 5.41) is 9.57. The van der Waals surface area contributed by atoms with Gasteiger partial charge in [-0.3, -0.25) is 9.79 Å². The number of hydrogen-bond donors (Lipinski definition) is 3. The summed E-state index contributed by atoms with van der Waals surface area (Å²) in [4.78, 5) is 16.9. The van der Waals surface area contributed by atoms with Crippen LogP contribution in [0.1, 0.15) is 59.5 Å². The summed E-state index contributed by atoms with van der Waals surface area (Å²) in [6, 6.07) is 10.4. The summed E-state index contributed by atoms with van der Waals surface area (Å²) in [5.74, 6) is 1.37. The second kappa shape index (κ2) is 12.3. The van der Waals surface area contributed by atoms with Crippen LogP contribution in [0.5, 0.6) is 0 Å². The van der Waals surface area contributed by atoms with Crippen molar-refractivity contribution < 1.29 is 13.9 Å². The third-order valence-electron chi connectivity index (χ3n) is 5.68. The predicted molar refractivity (Wildman–Crippen MR) is 127 cm³/mol. The van der Waals surface area contributed by atoms with Crippen LogP contribution in [0.4, 0.5) is 0 Å². The zero-order chi connectivity index (χ0) is 22.8. The van der Waals surface area contributed by atoms with Gasteiger partial charge in [-0.25, -0.2) is 0 Å². The van der Waals surface area contributed by atoms with Crippen molar-refractivity contribution in [2.45, 2.75) is 46.1 Å². The molecule has 0 bridgehead atoms. The number of nitrogens with one attached hydrogen (secondary N) is 3. The molecule has 1 aromatic carbocycles. The highest BCUT2D eigenvalue weighted by atomic mass is 16.5. The molecule has 1 saturated heterocycles. The van der Waals surface area contributed by atoms with Crippen LogP contribution < -0.4 is 16.0 Å². The molecule has 3 rings (SSSR count). The number of amides is 1. The number of benzene rings is 1. The molecule has 1 aromatic heterocycles. The summed E-state index contributed by atoms with van der Waals surface area (Å²) in [6.45, 7) is 9.61. The molecule has 7 nitrogen and oxygen atoms in total. The molecule has 174 valence electrons. The van der Waals surface area contributed by atoms with Crippen LogP contribution in [0.25, 0.3) is 0 Å². The molecule has 2 atom stereocenters. The summed E-state index contributed by atoms with van der Waals surface area (Å²) >= 11 is 0. The van der Waals surface area contributed by atoms with E-state index in [9.17, 15) is 4.79 Å². The van der Waals surface area contributed by atoms with Gasteiger partial charge in [0.2, 0.25) is 0 Å². The first-order chi connectivity index (χ1) is 15.6. The maximum absolute atomic E-state index is 12.1. The number of aryl methyl sites for hydroxylation is 2. The number of carbonyl (C=O) groups is 1. The Bertz CT molecular complexity index is 876. The topological polar surface area (TPSA) is 87.9 Å². The average molecular weight is 441 g/mol. The zero-order valence-electron chi connectivity index (χ0n) is 19.4. The molecule has 1 fully saturated rings. The smallest absolute Gasteiger partial charge is 0.287 e. The largest absolute Gasteiger partial charge is 0.459 e. The Hall–Kier alpha value is -2.80. The molecule has 1 aliphatic heterocycles. The lowest BCUT2D eigenvalue weighted by Gasteiger charge is -2.31. The molecule has 2 heterocycles. The molecule has 3 N–H and O–H groups in total.